The topological polar surface area (TPSA) is 21.3 Å². The lowest BCUT2D eigenvalue weighted by atomic mass is 10.1. The Labute approximate surface area is 140 Å². The molecule has 0 aromatic heterocycles. The molecule has 1 unspecified atom stereocenters. The Bertz CT molecular complexity index is 575. The fraction of sp³-hybridized carbons (Fsp3) is 0.333. The molecule has 0 heterocycles. The zero-order valence-corrected chi connectivity index (χ0v) is 14.2. The summed E-state index contributed by atoms with van der Waals surface area (Å²) >= 11 is 0. The lowest BCUT2D eigenvalue weighted by Crippen LogP contribution is -2.31. The number of allylic oxidation sites excluding steroid dienone is 1. The molecule has 2 aromatic carbocycles. The van der Waals surface area contributed by atoms with Gasteiger partial charge < -0.3 is 10.1 Å². The molecule has 0 saturated carbocycles. The van der Waals surface area contributed by atoms with Crippen LogP contribution in [0.1, 0.15) is 31.4 Å². The van der Waals surface area contributed by atoms with Gasteiger partial charge in [0.25, 0.3) is 0 Å². The normalized spacial score (nSPS) is 12.4. The molecule has 0 amide bonds. The first-order valence-corrected chi connectivity index (χ1v) is 8.44. The molecule has 2 rings (SSSR count). The minimum atomic E-state index is 0.447. The van der Waals surface area contributed by atoms with Crippen molar-refractivity contribution in [1.82, 2.24) is 5.32 Å². The van der Waals surface area contributed by atoms with Gasteiger partial charge in [-0.05, 0) is 43.0 Å². The molecule has 0 bridgehead atoms. The molecule has 0 radical (unpaired) electrons. The Morgan fingerprint density at radius 2 is 1.78 bits per heavy atom. The van der Waals surface area contributed by atoms with Crippen LogP contribution >= 0.6 is 0 Å². The molecule has 2 nitrogen and oxygen atoms in total. The van der Waals surface area contributed by atoms with Gasteiger partial charge in [0.05, 0.1) is 0 Å². The highest BCUT2D eigenvalue weighted by Gasteiger charge is 2.02. The van der Waals surface area contributed by atoms with Crippen molar-refractivity contribution < 1.29 is 4.74 Å². The lowest BCUT2D eigenvalue weighted by molar-refractivity contribution is 0.306. The molecule has 1 atom stereocenters. The third-order valence-electron chi connectivity index (χ3n) is 3.67. The van der Waals surface area contributed by atoms with Crippen LogP contribution in [0.25, 0.3) is 6.08 Å². The van der Waals surface area contributed by atoms with Crippen molar-refractivity contribution in [2.45, 2.75) is 32.7 Å². The van der Waals surface area contributed by atoms with Crippen molar-refractivity contribution in [3.63, 3.8) is 0 Å². The summed E-state index contributed by atoms with van der Waals surface area (Å²) in [5.74, 6) is 0.927. The molecule has 122 valence electrons. The summed E-state index contributed by atoms with van der Waals surface area (Å²) in [7, 11) is 0. The first kappa shape index (κ1) is 17.3. The van der Waals surface area contributed by atoms with E-state index >= 15 is 0 Å². The highest BCUT2D eigenvalue weighted by Crippen LogP contribution is 2.13. The predicted molar refractivity (Wildman–Crippen MR) is 98.9 cm³/mol. The zero-order valence-electron chi connectivity index (χ0n) is 14.2. The SMILES string of the molecule is CCC=Cc1ccc(OCCNC(C)Cc2ccccc2)cc1. The Morgan fingerprint density at radius 3 is 2.48 bits per heavy atom. The molecule has 0 saturated heterocycles. The molecule has 0 aliphatic rings. The van der Waals surface area contributed by atoms with E-state index in [9.17, 15) is 0 Å². The summed E-state index contributed by atoms with van der Waals surface area (Å²) in [6.45, 7) is 5.89. The molecular formula is C21H27NO. The maximum atomic E-state index is 5.78. The van der Waals surface area contributed by atoms with Gasteiger partial charge in [-0.25, -0.2) is 0 Å². The van der Waals surface area contributed by atoms with Crippen LogP contribution in [0, 0.1) is 0 Å². The molecule has 2 aromatic rings. The Balaban J connectivity index is 1.66. The number of nitrogens with one attached hydrogen (secondary N) is 1. The van der Waals surface area contributed by atoms with Gasteiger partial charge in [0.1, 0.15) is 12.4 Å². The molecule has 1 N–H and O–H groups in total. The summed E-state index contributed by atoms with van der Waals surface area (Å²) in [5, 5.41) is 3.50. The van der Waals surface area contributed by atoms with Crippen LogP contribution in [-0.4, -0.2) is 19.2 Å². The van der Waals surface area contributed by atoms with E-state index in [-0.39, 0.29) is 0 Å². The molecule has 0 spiro atoms. The van der Waals surface area contributed by atoms with Crippen molar-refractivity contribution in [2.75, 3.05) is 13.2 Å². The number of rotatable bonds is 9. The van der Waals surface area contributed by atoms with E-state index in [0.717, 1.165) is 25.1 Å². The number of hydrogen-bond donors (Lipinski definition) is 1. The summed E-state index contributed by atoms with van der Waals surface area (Å²) in [6, 6.07) is 19.3. The first-order valence-electron chi connectivity index (χ1n) is 8.44. The van der Waals surface area contributed by atoms with Gasteiger partial charge in [-0.15, -0.1) is 0 Å². The van der Waals surface area contributed by atoms with Gasteiger partial charge in [-0.1, -0.05) is 61.5 Å². The highest BCUT2D eigenvalue weighted by molar-refractivity contribution is 5.50. The van der Waals surface area contributed by atoms with Crippen LogP contribution in [0.3, 0.4) is 0 Å². The van der Waals surface area contributed by atoms with Crippen LogP contribution < -0.4 is 10.1 Å². The van der Waals surface area contributed by atoms with E-state index < -0.39 is 0 Å². The summed E-state index contributed by atoms with van der Waals surface area (Å²) in [6.07, 6.45) is 6.40. The molecule has 0 aliphatic heterocycles. The van der Waals surface area contributed by atoms with E-state index in [1.807, 2.05) is 12.1 Å². The third kappa shape index (κ3) is 6.70. The molecule has 23 heavy (non-hydrogen) atoms. The zero-order chi connectivity index (χ0) is 16.3. The van der Waals surface area contributed by atoms with Gasteiger partial charge in [0, 0.05) is 12.6 Å². The van der Waals surface area contributed by atoms with Gasteiger partial charge in [-0.2, -0.15) is 0 Å². The van der Waals surface area contributed by atoms with E-state index in [0.29, 0.717) is 12.6 Å². The average Bonchev–Trinajstić information content (AvgIpc) is 2.59. The van der Waals surface area contributed by atoms with Crippen LogP contribution in [0.15, 0.2) is 60.7 Å². The summed E-state index contributed by atoms with van der Waals surface area (Å²) in [5.41, 5.74) is 2.58. The van der Waals surface area contributed by atoms with Crippen molar-refractivity contribution in [3.8, 4) is 5.75 Å². The Kier molecular flexibility index (Phi) is 7.41. The first-order chi connectivity index (χ1) is 11.3. The monoisotopic (exact) mass is 309 g/mol. The molecular weight excluding hydrogens is 282 g/mol. The highest BCUT2D eigenvalue weighted by atomic mass is 16.5. The van der Waals surface area contributed by atoms with Gasteiger partial charge in [0.15, 0.2) is 0 Å². The second kappa shape index (κ2) is 9.86. The fourth-order valence-corrected chi connectivity index (χ4v) is 2.44. The number of ether oxygens (including phenoxy) is 1. The fourth-order valence-electron chi connectivity index (χ4n) is 2.44. The largest absolute Gasteiger partial charge is 0.492 e. The standard InChI is InChI=1S/C21H27NO/c1-3-4-8-19-11-13-21(14-12-19)23-16-15-22-18(2)17-20-9-6-5-7-10-20/h4-14,18,22H,3,15-17H2,1-2H3. The van der Waals surface area contributed by atoms with Crippen molar-refractivity contribution >= 4 is 6.08 Å². The number of hydrogen-bond acceptors (Lipinski definition) is 2. The second-order valence-electron chi connectivity index (χ2n) is 5.77. The molecule has 2 heteroatoms. The minimum Gasteiger partial charge on any atom is -0.492 e. The smallest absolute Gasteiger partial charge is 0.119 e. The predicted octanol–water partition coefficient (Wildman–Crippen LogP) is 4.71. The maximum Gasteiger partial charge on any atom is 0.119 e. The van der Waals surface area contributed by atoms with Gasteiger partial charge in [-0.3, -0.25) is 0 Å². The summed E-state index contributed by atoms with van der Waals surface area (Å²) < 4.78 is 5.78. The molecule has 0 fully saturated rings. The maximum absolute atomic E-state index is 5.78. The van der Waals surface area contributed by atoms with E-state index in [4.69, 9.17) is 4.74 Å². The van der Waals surface area contributed by atoms with Crippen LogP contribution in [-0.2, 0) is 6.42 Å². The van der Waals surface area contributed by atoms with Crippen molar-refractivity contribution in [1.29, 1.82) is 0 Å². The van der Waals surface area contributed by atoms with Gasteiger partial charge >= 0.3 is 0 Å². The van der Waals surface area contributed by atoms with Crippen molar-refractivity contribution in [2.24, 2.45) is 0 Å². The molecule has 0 aliphatic carbocycles. The Hall–Kier alpha value is -2.06. The number of benzene rings is 2. The van der Waals surface area contributed by atoms with Crippen molar-refractivity contribution in [3.05, 3.63) is 71.8 Å². The third-order valence-corrected chi connectivity index (χ3v) is 3.67. The Morgan fingerprint density at radius 1 is 1.04 bits per heavy atom. The van der Waals surface area contributed by atoms with Gasteiger partial charge in [0.2, 0.25) is 0 Å². The average molecular weight is 309 g/mol. The second-order valence-corrected chi connectivity index (χ2v) is 5.77. The summed E-state index contributed by atoms with van der Waals surface area (Å²) in [4.78, 5) is 0. The van der Waals surface area contributed by atoms with Crippen LogP contribution in [0.5, 0.6) is 5.75 Å². The van der Waals surface area contributed by atoms with E-state index in [1.54, 1.807) is 0 Å². The van der Waals surface area contributed by atoms with Crippen LogP contribution in [0.2, 0.25) is 0 Å². The van der Waals surface area contributed by atoms with Crippen LogP contribution in [0.4, 0.5) is 0 Å². The minimum absolute atomic E-state index is 0.447. The quantitative estimate of drug-likeness (QED) is 0.677. The van der Waals surface area contributed by atoms with E-state index in [2.05, 4.69) is 73.8 Å². The lowest BCUT2D eigenvalue weighted by Gasteiger charge is -2.14. The van der Waals surface area contributed by atoms with E-state index in [1.165, 1.54) is 11.1 Å².